The molecule has 1 saturated heterocycles. The molecular weight excluding hydrogens is 360 g/mol. The fourth-order valence-electron chi connectivity index (χ4n) is 3.11. The first-order valence-corrected chi connectivity index (χ1v) is 9.50. The third kappa shape index (κ3) is 5.20. The Morgan fingerprint density at radius 1 is 1.11 bits per heavy atom. The fourth-order valence-corrected chi connectivity index (χ4v) is 3.29. The standard InChI is InChI=1S/C22H23ClN2O2/c1-16-7-9-19(15-20(16)23)24-22(27)18-11-13-25(14-12-18)21(26)10-8-17-5-3-2-4-6-17/h2-10,15,18H,11-14H2,1H3,(H,24,27)/b10-8+. The van der Waals surface area contributed by atoms with Crippen molar-refractivity contribution in [3.63, 3.8) is 0 Å². The van der Waals surface area contributed by atoms with E-state index in [0.29, 0.717) is 36.6 Å². The van der Waals surface area contributed by atoms with Gasteiger partial charge in [0.05, 0.1) is 0 Å². The summed E-state index contributed by atoms with van der Waals surface area (Å²) in [6.07, 6.45) is 4.75. The topological polar surface area (TPSA) is 49.4 Å². The normalized spacial score (nSPS) is 15.1. The molecule has 2 amide bonds. The zero-order valence-electron chi connectivity index (χ0n) is 15.3. The van der Waals surface area contributed by atoms with Gasteiger partial charge in [0.25, 0.3) is 0 Å². The molecule has 27 heavy (non-hydrogen) atoms. The number of carbonyl (C=O) groups is 2. The molecule has 1 aliphatic heterocycles. The van der Waals surface area contributed by atoms with Gasteiger partial charge >= 0.3 is 0 Å². The van der Waals surface area contributed by atoms with Gasteiger partial charge in [-0.05, 0) is 49.1 Å². The molecule has 0 atom stereocenters. The summed E-state index contributed by atoms with van der Waals surface area (Å²) in [7, 11) is 0. The minimum atomic E-state index is -0.0905. The molecule has 2 aromatic carbocycles. The Labute approximate surface area is 164 Å². The summed E-state index contributed by atoms with van der Waals surface area (Å²) in [5, 5.41) is 3.57. The lowest BCUT2D eigenvalue weighted by Crippen LogP contribution is -2.40. The second-order valence-corrected chi connectivity index (χ2v) is 7.20. The number of aryl methyl sites for hydroxylation is 1. The van der Waals surface area contributed by atoms with Gasteiger partial charge in [0.1, 0.15) is 0 Å². The number of hydrogen-bond donors (Lipinski definition) is 1. The van der Waals surface area contributed by atoms with Crippen molar-refractivity contribution in [2.45, 2.75) is 19.8 Å². The molecule has 0 spiro atoms. The highest BCUT2D eigenvalue weighted by molar-refractivity contribution is 6.31. The number of likely N-dealkylation sites (tertiary alicyclic amines) is 1. The lowest BCUT2D eigenvalue weighted by molar-refractivity contribution is -0.130. The van der Waals surface area contributed by atoms with Crippen molar-refractivity contribution < 1.29 is 9.59 Å². The van der Waals surface area contributed by atoms with E-state index in [1.807, 2.05) is 55.5 Å². The highest BCUT2D eigenvalue weighted by Crippen LogP contribution is 2.23. The first kappa shape index (κ1) is 19.2. The maximum absolute atomic E-state index is 12.5. The van der Waals surface area contributed by atoms with Gasteiger partial charge in [-0.1, -0.05) is 48.0 Å². The third-order valence-electron chi connectivity index (χ3n) is 4.83. The van der Waals surface area contributed by atoms with Crippen LogP contribution in [0, 0.1) is 12.8 Å². The Morgan fingerprint density at radius 2 is 1.81 bits per heavy atom. The summed E-state index contributed by atoms with van der Waals surface area (Å²) in [4.78, 5) is 26.6. The predicted octanol–water partition coefficient (Wildman–Crippen LogP) is 4.54. The van der Waals surface area contributed by atoms with Crippen molar-refractivity contribution in [3.8, 4) is 0 Å². The van der Waals surface area contributed by atoms with Crippen molar-refractivity contribution in [2.24, 2.45) is 5.92 Å². The molecule has 0 unspecified atom stereocenters. The Kier molecular flexibility index (Phi) is 6.30. The second-order valence-electron chi connectivity index (χ2n) is 6.80. The monoisotopic (exact) mass is 382 g/mol. The SMILES string of the molecule is Cc1ccc(NC(=O)C2CCN(C(=O)/C=C/c3ccccc3)CC2)cc1Cl. The fraction of sp³-hybridized carbons (Fsp3) is 0.273. The van der Waals surface area contributed by atoms with Crippen molar-refractivity contribution in [1.82, 2.24) is 4.90 Å². The molecule has 1 N–H and O–H groups in total. The molecule has 1 heterocycles. The number of carbonyl (C=O) groups excluding carboxylic acids is 2. The van der Waals surface area contributed by atoms with Crippen molar-refractivity contribution in [1.29, 1.82) is 0 Å². The van der Waals surface area contributed by atoms with Crippen LogP contribution in [0.2, 0.25) is 5.02 Å². The van der Waals surface area contributed by atoms with Gasteiger partial charge in [0, 0.05) is 35.8 Å². The Hall–Kier alpha value is -2.59. The van der Waals surface area contributed by atoms with E-state index in [4.69, 9.17) is 11.6 Å². The summed E-state index contributed by atoms with van der Waals surface area (Å²) in [6, 6.07) is 15.2. The number of hydrogen-bond acceptors (Lipinski definition) is 2. The van der Waals surface area contributed by atoms with E-state index in [0.717, 1.165) is 11.1 Å². The lowest BCUT2D eigenvalue weighted by Gasteiger charge is -2.30. The summed E-state index contributed by atoms with van der Waals surface area (Å²) >= 11 is 6.11. The van der Waals surface area contributed by atoms with Crippen molar-refractivity contribution in [2.75, 3.05) is 18.4 Å². The van der Waals surface area contributed by atoms with Crippen LogP contribution < -0.4 is 5.32 Å². The zero-order valence-corrected chi connectivity index (χ0v) is 16.1. The smallest absolute Gasteiger partial charge is 0.246 e. The van der Waals surface area contributed by atoms with E-state index in [2.05, 4.69) is 5.32 Å². The van der Waals surface area contributed by atoms with Gasteiger partial charge in [-0.15, -0.1) is 0 Å². The molecule has 0 aromatic heterocycles. The molecule has 3 rings (SSSR count). The summed E-state index contributed by atoms with van der Waals surface area (Å²) < 4.78 is 0. The molecule has 1 aliphatic rings. The Balaban J connectivity index is 1.50. The molecule has 4 nitrogen and oxygen atoms in total. The third-order valence-corrected chi connectivity index (χ3v) is 5.24. The average molecular weight is 383 g/mol. The first-order chi connectivity index (χ1) is 13.0. The molecule has 0 bridgehead atoms. The molecular formula is C22H23ClN2O2. The maximum Gasteiger partial charge on any atom is 0.246 e. The van der Waals surface area contributed by atoms with Gasteiger partial charge in [0.2, 0.25) is 11.8 Å². The molecule has 140 valence electrons. The van der Waals surface area contributed by atoms with Crippen LogP contribution in [-0.2, 0) is 9.59 Å². The molecule has 1 fully saturated rings. The van der Waals surface area contributed by atoms with Gasteiger partial charge < -0.3 is 10.2 Å². The van der Waals surface area contributed by atoms with Crippen LogP contribution in [0.5, 0.6) is 0 Å². The summed E-state index contributed by atoms with van der Waals surface area (Å²) in [5.41, 5.74) is 2.68. The molecule has 0 radical (unpaired) electrons. The highest BCUT2D eigenvalue weighted by atomic mass is 35.5. The van der Waals surface area contributed by atoms with Gasteiger partial charge in [-0.25, -0.2) is 0 Å². The molecule has 0 aliphatic carbocycles. The average Bonchev–Trinajstić information content (AvgIpc) is 2.70. The van der Waals surface area contributed by atoms with Crippen LogP contribution in [0.15, 0.2) is 54.6 Å². The number of rotatable bonds is 4. The summed E-state index contributed by atoms with van der Waals surface area (Å²) in [5.74, 6) is -0.114. The molecule has 2 aromatic rings. The first-order valence-electron chi connectivity index (χ1n) is 9.12. The van der Waals surface area contributed by atoms with Gasteiger partial charge in [-0.3, -0.25) is 9.59 Å². The van der Waals surface area contributed by atoms with Crippen LogP contribution >= 0.6 is 11.6 Å². The quantitative estimate of drug-likeness (QED) is 0.789. The van der Waals surface area contributed by atoms with E-state index in [-0.39, 0.29) is 17.7 Å². The second kappa shape index (κ2) is 8.87. The largest absolute Gasteiger partial charge is 0.339 e. The van der Waals surface area contributed by atoms with Gasteiger partial charge in [0.15, 0.2) is 0 Å². The van der Waals surface area contributed by atoms with Crippen LogP contribution in [0.1, 0.15) is 24.0 Å². The van der Waals surface area contributed by atoms with E-state index in [1.165, 1.54) is 0 Å². The van der Waals surface area contributed by atoms with Crippen LogP contribution in [0.4, 0.5) is 5.69 Å². The summed E-state index contributed by atoms with van der Waals surface area (Å²) in [6.45, 7) is 3.10. The number of nitrogens with one attached hydrogen (secondary N) is 1. The van der Waals surface area contributed by atoms with Crippen molar-refractivity contribution >= 4 is 35.2 Å². The molecule has 0 saturated carbocycles. The predicted molar refractivity (Wildman–Crippen MR) is 110 cm³/mol. The number of piperidine rings is 1. The minimum Gasteiger partial charge on any atom is -0.339 e. The van der Waals surface area contributed by atoms with E-state index in [9.17, 15) is 9.59 Å². The van der Waals surface area contributed by atoms with E-state index < -0.39 is 0 Å². The lowest BCUT2D eigenvalue weighted by atomic mass is 9.95. The number of nitrogens with zero attached hydrogens (tertiary/aromatic N) is 1. The number of benzene rings is 2. The van der Waals surface area contributed by atoms with Crippen LogP contribution in [0.25, 0.3) is 6.08 Å². The van der Waals surface area contributed by atoms with E-state index in [1.54, 1.807) is 17.0 Å². The number of halogens is 1. The maximum atomic E-state index is 12.5. The van der Waals surface area contributed by atoms with Crippen LogP contribution in [-0.4, -0.2) is 29.8 Å². The minimum absolute atomic E-state index is 0.0111. The van der Waals surface area contributed by atoms with Crippen LogP contribution in [0.3, 0.4) is 0 Å². The highest BCUT2D eigenvalue weighted by Gasteiger charge is 2.26. The number of amides is 2. The molecule has 5 heteroatoms. The van der Waals surface area contributed by atoms with Crippen molar-refractivity contribution in [3.05, 3.63) is 70.8 Å². The number of anilines is 1. The van der Waals surface area contributed by atoms with Gasteiger partial charge in [-0.2, -0.15) is 0 Å². The zero-order chi connectivity index (χ0) is 19.2. The Bertz CT molecular complexity index is 841. The van der Waals surface area contributed by atoms with E-state index >= 15 is 0 Å². The Morgan fingerprint density at radius 3 is 2.48 bits per heavy atom.